The van der Waals surface area contributed by atoms with E-state index in [9.17, 15) is 9.59 Å². The molecule has 0 fully saturated rings. The van der Waals surface area contributed by atoms with E-state index in [0.717, 1.165) is 16.9 Å². The van der Waals surface area contributed by atoms with E-state index in [2.05, 4.69) is 0 Å². The van der Waals surface area contributed by atoms with Gasteiger partial charge in [-0.05, 0) is 24.1 Å². The SMILES string of the molecule is Cc1oc(C(C)C)cc1C(=O)N1Cc2ccccc2C[C@H]1C(N)=O. The van der Waals surface area contributed by atoms with E-state index in [1.54, 1.807) is 17.9 Å². The Morgan fingerprint density at radius 2 is 1.92 bits per heavy atom. The van der Waals surface area contributed by atoms with Gasteiger partial charge in [-0.2, -0.15) is 0 Å². The summed E-state index contributed by atoms with van der Waals surface area (Å²) in [7, 11) is 0. The lowest BCUT2D eigenvalue weighted by Crippen LogP contribution is -2.51. The molecule has 3 rings (SSSR count). The van der Waals surface area contributed by atoms with Crippen molar-refractivity contribution in [2.75, 3.05) is 0 Å². The minimum Gasteiger partial charge on any atom is -0.465 e. The number of furan rings is 1. The first-order chi connectivity index (χ1) is 11.4. The van der Waals surface area contributed by atoms with Gasteiger partial charge in [0.25, 0.3) is 5.91 Å². The molecule has 5 nitrogen and oxygen atoms in total. The highest BCUT2D eigenvalue weighted by Crippen LogP contribution is 2.28. The van der Waals surface area contributed by atoms with E-state index in [1.807, 2.05) is 38.1 Å². The third kappa shape index (κ3) is 2.82. The maximum atomic E-state index is 13.0. The van der Waals surface area contributed by atoms with Gasteiger partial charge in [-0.15, -0.1) is 0 Å². The van der Waals surface area contributed by atoms with Gasteiger partial charge in [-0.1, -0.05) is 38.1 Å². The fourth-order valence-electron chi connectivity index (χ4n) is 3.15. The highest BCUT2D eigenvalue weighted by molar-refractivity contribution is 5.98. The molecule has 0 spiro atoms. The molecular weight excluding hydrogens is 304 g/mol. The number of amides is 2. The number of nitrogens with two attached hydrogens (primary N) is 1. The summed E-state index contributed by atoms with van der Waals surface area (Å²) < 4.78 is 5.69. The number of nitrogens with zero attached hydrogens (tertiary/aromatic N) is 1. The molecule has 1 atom stereocenters. The molecule has 1 aromatic carbocycles. The Hall–Kier alpha value is -2.56. The molecule has 1 aliphatic heterocycles. The monoisotopic (exact) mass is 326 g/mol. The second-order valence-corrected chi connectivity index (χ2v) is 6.60. The van der Waals surface area contributed by atoms with Crippen molar-refractivity contribution < 1.29 is 14.0 Å². The van der Waals surface area contributed by atoms with Crippen LogP contribution in [-0.4, -0.2) is 22.8 Å². The van der Waals surface area contributed by atoms with Crippen molar-refractivity contribution in [3.05, 3.63) is 58.5 Å². The van der Waals surface area contributed by atoms with Gasteiger partial charge in [0.2, 0.25) is 5.91 Å². The fourth-order valence-corrected chi connectivity index (χ4v) is 3.15. The Morgan fingerprint density at radius 1 is 1.25 bits per heavy atom. The molecule has 2 aromatic rings. The van der Waals surface area contributed by atoms with Gasteiger partial charge in [0.15, 0.2) is 0 Å². The van der Waals surface area contributed by atoms with Crippen molar-refractivity contribution in [2.45, 2.75) is 45.7 Å². The summed E-state index contributed by atoms with van der Waals surface area (Å²) in [5, 5.41) is 0. The maximum absolute atomic E-state index is 13.0. The molecule has 0 bridgehead atoms. The number of carbonyl (C=O) groups is 2. The van der Waals surface area contributed by atoms with Crippen LogP contribution < -0.4 is 5.73 Å². The number of hydrogen-bond acceptors (Lipinski definition) is 3. The molecule has 24 heavy (non-hydrogen) atoms. The second kappa shape index (κ2) is 6.15. The van der Waals surface area contributed by atoms with Gasteiger partial charge >= 0.3 is 0 Å². The lowest BCUT2D eigenvalue weighted by Gasteiger charge is -2.35. The van der Waals surface area contributed by atoms with E-state index in [1.165, 1.54) is 0 Å². The van der Waals surface area contributed by atoms with Crippen LogP contribution in [0.2, 0.25) is 0 Å². The highest BCUT2D eigenvalue weighted by atomic mass is 16.3. The Morgan fingerprint density at radius 3 is 2.50 bits per heavy atom. The van der Waals surface area contributed by atoms with Crippen LogP contribution in [0.1, 0.15) is 52.8 Å². The predicted octanol–water partition coefficient (Wildman–Crippen LogP) is 2.76. The average Bonchev–Trinajstić information content (AvgIpc) is 2.95. The van der Waals surface area contributed by atoms with Gasteiger partial charge < -0.3 is 15.1 Å². The lowest BCUT2D eigenvalue weighted by atomic mass is 9.93. The zero-order valence-electron chi connectivity index (χ0n) is 14.2. The predicted molar refractivity (Wildman–Crippen MR) is 90.5 cm³/mol. The van der Waals surface area contributed by atoms with E-state index < -0.39 is 11.9 Å². The van der Waals surface area contributed by atoms with E-state index in [-0.39, 0.29) is 11.8 Å². The van der Waals surface area contributed by atoms with Gasteiger partial charge in [-0.3, -0.25) is 9.59 Å². The zero-order valence-corrected chi connectivity index (χ0v) is 14.2. The van der Waals surface area contributed by atoms with Crippen molar-refractivity contribution in [1.82, 2.24) is 4.90 Å². The minimum absolute atomic E-state index is 0.194. The number of primary amides is 1. The van der Waals surface area contributed by atoms with Crippen molar-refractivity contribution >= 4 is 11.8 Å². The Kier molecular flexibility index (Phi) is 4.18. The zero-order chi connectivity index (χ0) is 17.4. The summed E-state index contributed by atoms with van der Waals surface area (Å²) in [5.41, 5.74) is 8.19. The van der Waals surface area contributed by atoms with E-state index in [0.29, 0.717) is 24.3 Å². The van der Waals surface area contributed by atoms with Crippen LogP contribution in [0.4, 0.5) is 0 Å². The van der Waals surface area contributed by atoms with E-state index >= 15 is 0 Å². The van der Waals surface area contributed by atoms with Gasteiger partial charge in [0.05, 0.1) is 5.56 Å². The number of carbonyl (C=O) groups excluding carboxylic acids is 2. The lowest BCUT2D eigenvalue weighted by molar-refractivity contribution is -0.122. The van der Waals surface area contributed by atoms with Gasteiger partial charge in [0.1, 0.15) is 17.6 Å². The third-order valence-electron chi connectivity index (χ3n) is 4.57. The average molecular weight is 326 g/mol. The van der Waals surface area contributed by atoms with Gasteiger partial charge in [0, 0.05) is 18.9 Å². The smallest absolute Gasteiger partial charge is 0.258 e. The van der Waals surface area contributed by atoms with E-state index in [4.69, 9.17) is 10.2 Å². The number of rotatable bonds is 3. The van der Waals surface area contributed by atoms with Crippen LogP contribution in [0, 0.1) is 6.92 Å². The van der Waals surface area contributed by atoms with Crippen LogP contribution in [0.3, 0.4) is 0 Å². The summed E-state index contributed by atoms with van der Waals surface area (Å²) in [5.74, 6) is 0.846. The minimum atomic E-state index is -0.635. The molecule has 2 N–H and O–H groups in total. The summed E-state index contributed by atoms with van der Waals surface area (Å²) in [6.45, 7) is 6.17. The van der Waals surface area contributed by atoms with Crippen molar-refractivity contribution in [1.29, 1.82) is 0 Å². The first kappa shape index (κ1) is 16.3. The van der Waals surface area contributed by atoms with Crippen LogP contribution in [0.15, 0.2) is 34.7 Å². The molecule has 0 radical (unpaired) electrons. The van der Waals surface area contributed by atoms with Crippen molar-refractivity contribution in [2.24, 2.45) is 5.73 Å². The van der Waals surface area contributed by atoms with Crippen LogP contribution in [-0.2, 0) is 17.8 Å². The second-order valence-electron chi connectivity index (χ2n) is 6.60. The molecule has 1 aliphatic rings. The summed E-state index contributed by atoms with van der Waals surface area (Å²) in [6, 6.07) is 8.97. The Balaban J connectivity index is 1.97. The van der Waals surface area contributed by atoms with Crippen molar-refractivity contribution in [3.63, 3.8) is 0 Å². The summed E-state index contributed by atoms with van der Waals surface area (Å²) >= 11 is 0. The number of benzene rings is 1. The fraction of sp³-hybridized carbons (Fsp3) is 0.368. The quantitative estimate of drug-likeness (QED) is 0.942. The highest BCUT2D eigenvalue weighted by Gasteiger charge is 2.35. The number of hydrogen-bond donors (Lipinski definition) is 1. The molecule has 0 saturated heterocycles. The standard InChI is InChI=1S/C19H22N2O3/c1-11(2)17-9-15(12(3)24-17)19(23)21-10-14-7-5-4-6-13(14)8-16(21)18(20)22/h4-7,9,11,16H,8,10H2,1-3H3,(H2,20,22)/t16-/m0/s1. The normalized spacial score (nSPS) is 17.0. The molecule has 126 valence electrons. The third-order valence-corrected chi connectivity index (χ3v) is 4.57. The first-order valence-corrected chi connectivity index (χ1v) is 8.16. The summed E-state index contributed by atoms with van der Waals surface area (Å²) in [4.78, 5) is 26.5. The molecule has 5 heteroatoms. The Bertz CT molecular complexity index is 792. The Labute approximate surface area is 141 Å². The largest absolute Gasteiger partial charge is 0.465 e. The van der Waals surface area contributed by atoms with Crippen LogP contribution >= 0.6 is 0 Å². The summed E-state index contributed by atoms with van der Waals surface area (Å²) in [6.07, 6.45) is 0.450. The molecule has 0 aliphatic carbocycles. The molecule has 0 unspecified atom stereocenters. The van der Waals surface area contributed by atoms with Gasteiger partial charge in [-0.25, -0.2) is 0 Å². The number of fused-ring (bicyclic) bond motifs is 1. The molecule has 2 heterocycles. The molecular formula is C19H22N2O3. The first-order valence-electron chi connectivity index (χ1n) is 8.16. The van der Waals surface area contributed by atoms with Crippen LogP contribution in [0.5, 0.6) is 0 Å². The number of aryl methyl sites for hydroxylation is 1. The van der Waals surface area contributed by atoms with Crippen LogP contribution in [0.25, 0.3) is 0 Å². The van der Waals surface area contributed by atoms with Crippen molar-refractivity contribution in [3.8, 4) is 0 Å². The maximum Gasteiger partial charge on any atom is 0.258 e. The topological polar surface area (TPSA) is 76.5 Å². The molecule has 0 saturated carbocycles. The molecule has 2 amide bonds. The molecule has 1 aromatic heterocycles.